The second-order valence-electron chi connectivity index (χ2n) is 8.02. The average molecular weight is 396 g/mol. The van der Waals surface area contributed by atoms with E-state index < -0.39 is 0 Å². The molecule has 0 unspecified atom stereocenters. The zero-order valence-corrected chi connectivity index (χ0v) is 16.9. The largest absolute Gasteiger partial charge is 0.467 e. The molecule has 2 aliphatic rings. The summed E-state index contributed by atoms with van der Waals surface area (Å²) < 4.78 is 11.2. The molecule has 1 aromatic carbocycles. The number of furan rings is 1. The quantitative estimate of drug-likeness (QED) is 0.686. The van der Waals surface area contributed by atoms with Gasteiger partial charge in [0.15, 0.2) is 0 Å². The number of rotatable bonds is 8. The minimum Gasteiger partial charge on any atom is -0.467 e. The molecule has 4 rings (SSSR count). The van der Waals surface area contributed by atoms with Crippen LogP contribution in [0.2, 0.25) is 0 Å². The Morgan fingerprint density at radius 2 is 1.90 bits per heavy atom. The number of nitrogens with zero attached hydrogens (tertiary/aromatic N) is 2. The van der Waals surface area contributed by atoms with Gasteiger partial charge in [-0.3, -0.25) is 9.59 Å². The summed E-state index contributed by atoms with van der Waals surface area (Å²) in [6.45, 7) is 3.74. The smallest absolute Gasteiger partial charge is 0.254 e. The molecule has 1 aliphatic carbocycles. The number of hydrogen-bond acceptors (Lipinski definition) is 4. The van der Waals surface area contributed by atoms with Crippen molar-refractivity contribution < 1.29 is 18.7 Å². The predicted octanol–water partition coefficient (Wildman–Crippen LogP) is 3.40. The first kappa shape index (κ1) is 19.7. The monoisotopic (exact) mass is 396 g/mol. The fraction of sp³-hybridized carbons (Fsp3) is 0.478. The Morgan fingerprint density at radius 1 is 1.10 bits per heavy atom. The number of hydrogen-bond donors (Lipinski definition) is 0. The summed E-state index contributed by atoms with van der Waals surface area (Å²) in [5.41, 5.74) is 1.74. The van der Waals surface area contributed by atoms with Crippen molar-refractivity contribution in [1.29, 1.82) is 0 Å². The fourth-order valence-corrected chi connectivity index (χ4v) is 3.74. The third kappa shape index (κ3) is 5.07. The highest BCUT2D eigenvalue weighted by molar-refractivity contribution is 5.97. The van der Waals surface area contributed by atoms with Crippen LogP contribution in [0.5, 0.6) is 0 Å². The number of benzene rings is 1. The summed E-state index contributed by atoms with van der Waals surface area (Å²) in [5, 5.41) is 0. The molecule has 6 nitrogen and oxygen atoms in total. The second-order valence-corrected chi connectivity index (χ2v) is 8.02. The molecule has 1 saturated carbocycles. The molecular formula is C23H28N2O4. The molecule has 1 atom stereocenters. The van der Waals surface area contributed by atoms with Gasteiger partial charge >= 0.3 is 0 Å². The summed E-state index contributed by atoms with van der Waals surface area (Å²) in [6.07, 6.45) is 5.55. The van der Waals surface area contributed by atoms with Crippen molar-refractivity contribution >= 4 is 11.8 Å². The van der Waals surface area contributed by atoms with Crippen LogP contribution >= 0.6 is 0 Å². The van der Waals surface area contributed by atoms with Gasteiger partial charge < -0.3 is 19.0 Å². The average Bonchev–Trinajstić information content (AvgIpc) is 3.18. The maximum absolute atomic E-state index is 13.2. The van der Waals surface area contributed by atoms with E-state index in [1.807, 2.05) is 43.3 Å². The van der Waals surface area contributed by atoms with Crippen LogP contribution in [-0.2, 0) is 16.1 Å². The van der Waals surface area contributed by atoms with Gasteiger partial charge in [-0.25, -0.2) is 0 Å². The highest BCUT2D eigenvalue weighted by Crippen LogP contribution is 2.28. The number of aryl methyl sites for hydroxylation is 1. The molecule has 2 aromatic rings. The molecular weight excluding hydrogens is 368 g/mol. The van der Waals surface area contributed by atoms with E-state index in [-0.39, 0.29) is 30.5 Å². The third-order valence-electron chi connectivity index (χ3n) is 5.58. The van der Waals surface area contributed by atoms with Gasteiger partial charge in [0.05, 0.1) is 18.9 Å². The lowest BCUT2D eigenvalue weighted by atomic mass is 10.1. The van der Waals surface area contributed by atoms with E-state index in [1.165, 1.54) is 0 Å². The fourth-order valence-electron chi connectivity index (χ4n) is 3.74. The van der Waals surface area contributed by atoms with Crippen molar-refractivity contribution in [3.05, 3.63) is 59.5 Å². The molecule has 1 aliphatic heterocycles. The maximum atomic E-state index is 13.2. The molecule has 29 heavy (non-hydrogen) atoms. The molecule has 1 aromatic heterocycles. The number of carbonyl (C=O) groups is 2. The highest BCUT2D eigenvalue weighted by Gasteiger charge is 2.35. The van der Waals surface area contributed by atoms with Crippen LogP contribution in [0.15, 0.2) is 47.1 Å². The van der Waals surface area contributed by atoms with Crippen LogP contribution in [0, 0.1) is 6.92 Å². The van der Waals surface area contributed by atoms with Gasteiger partial charge in [0, 0.05) is 24.8 Å². The van der Waals surface area contributed by atoms with E-state index in [0.717, 1.165) is 43.6 Å². The summed E-state index contributed by atoms with van der Waals surface area (Å²) in [4.78, 5) is 29.8. The Labute approximate surface area is 171 Å². The number of carbonyl (C=O) groups excluding carboxylic acids is 2. The zero-order valence-electron chi connectivity index (χ0n) is 16.9. The Bertz CT molecular complexity index is 821. The van der Waals surface area contributed by atoms with Crippen LogP contribution in [0.4, 0.5) is 0 Å². The molecule has 2 heterocycles. The SMILES string of the molecule is Cc1ccc(C(=O)N(CC(=O)N(Cc2ccco2)C[C@H]2CCCO2)C2CC2)cc1. The van der Waals surface area contributed by atoms with Gasteiger partial charge in [-0.05, 0) is 56.9 Å². The second kappa shape index (κ2) is 8.82. The van der Waals surface area contributed by atoms with Gasteiger partial charge in [-0.2, -0.15) is 0 Å². The van der Waals surface area contributed by atoms with E-state index in [2.05, 4.69) is 0 Å². The summed E-state index contributed by atoms with van der Waals surface area (Å²) in [5.74, 6) is 0.597. The summed E-state index contributed by atoms with van der Waals surface area (Å²) >= 11 is 0. The maximum Gasteiger partial charge on any atom is 0.254 e. The standard InChI is InChI=1S/C23H28N2O4/c1-17-6-8-18(9-7-17)23(27)25(19-10-11-19)16-22(26)24(14-20-4-2-12-28-20)15-21-5-3-13-29-21/h2,4,6-9,12,19,21H,3,5,10-11,13-16H2,1H3/t21-/m1/s1. The molecule has 0 radical (unpaired) electrons. The first-order valence-corrected chi connectivity index (χ1v) is 10.4. The normalized spacial score (nSPS) is 18.6. The Balaban J connectivity index is 1.47. The van der Waals surface area contributed by atoms with Crippen LogP contribution in [0.25, 0.3) is 0 Å². The van der Waals surface area contributed by atoms with Gasteiger partial charge in [-0.15, -0.1) is 0 Å². The molecule has 154 valence electrons. The molecule has 2 fully saturated rings. The van der Waals surface area contributed by atoms with Crippen molar-refractivity contribution in [2.45, 2.75) is 51.3 Å². The highest BCUT2D eigenvalue weighted by atomic mass is 16.5. The van der Waals surface area contributed by atoms with Crippen LogP contribution in [-0.4, -0.2) is 53.5 Å². The van der Waals surface area contributed by atoms with Gasteiger partial charge in [-0.1, -0.05) is 17.7 Å². The third-order valence-corrected chi connectivity index (χ3v) is 5.58. The lowest BCUT2D eigenvalue weighted by Crippen LogP contribution is -2.45. The topological polar surface area (TPSA) is 63.0 Å². The van der Waals surface area contributed by atoms with Crippen molar-refractivity contribution in [2.75, 3.05) is 19.7 Å². The van der Waals surface area contributed by atoms with Crippen molar-refractivity contribution in [2.24, 2.45) is 0 Å². The Kier molecular flexibility index (Phi) is 6.00. The van der Waals surface area contributed by atoms with E-state index in [0.29, 0.717) is 18.7 Å². The molecule has 0 bridgehead atoms. The molecule has 0 spiro atoms. The first-order valence-electron chi connectivity index (χ1n) is 10.4. The van der Waals surface area contributed by atoms with E-state index in [4.69, 9.17) is 9.15 Å². The van der Waals surface area contributed by atoms with Gasteiger partial charge in [0.2, 0.25) is 5.91 Å². The van der Waals surface area contributed by atoms with Crippen molar-refractivity contribution in [1.82, 2.24) is 9.80 Å². The summed E-state index contributed by atoms with van der Waals surface area (Å²) in [7, 11) is 0. The van der Waals surface area contributed by atoms with E-state index in [9.17, 15) is 9.59 Å². The Morgan fingerprint density at radius 3 is 2.52 bits per heavy atom. The van der Waals surface area contributed by atoms with Gasteiger partial charge in [0.25, 0.3) is 5.91 Å². The lowest BCUT2D eigenvalue weighted by molar-refractivity contribution is -0.134. The Hall–Kier alpha value is -2.60. The van der Waals surface area contributed by atoms with Crippen molar-refractivity contribution in [3.63, 3.8) is 0 Å². The molecule has 0 N–H and O–H groups in total. The van der Waals surface area contributed by atoms with E-state index >= 15 is 0 Å². The zero-order chi connectivity index (χ0) is 20.2. The number of amides is 2. The van der Waals surface area contributed by atoms with Crippen molar-refractivity contribution in [3.8, 4) is 0 Å². The van der Waals surface area contributed by atoms with Crippen LogP contribution in [0.3, 0.4) is 0 Å². The predicted molar refractivity (Wildman–Crippen MR) is 108 cm³/mol. The lowest BCUT2D eigenvalue weighted by Gasteiger charge is -2.29. The minimum atomic E-state index is -0.0732. The minimum absolute atomic E-state index is 0.0519. The van der Waals surface area contributed by atoms with E-state index in [1.54, 1.807) is 16.1 Å². The van der Waals surface area contributed by atoms with Crippen LogP contribution in [0.1, 0.15) is 47.4 Å². The first-order chi connectivity index (χ1) is 14.1. The molecule has 6 heteroatoms. The summed E-state index contributed by atoms with van der Waals surface area (Å²) in [6, 6.07) is 11.4. The number of ether oxygens (including phenoxy) is 1. The van der Waals surface area contributed by atoms with Gasteiger partial charge in [0.1, 0.15) is 12.3 Å². The molecule has 1 saturated heterocycles. The molecule has 2 amide bonds. The van der Waals surface area contributed by atoms with Crippen LogP contribution < -0.4 is 0 Å².